The maximum Gasteiger partial charge on any atom is 0.337 e. The molecule has 0 bridgehead atoms. The molecule has 110 valence electrons. The van der Waals surface area contributed by atoms with Gasteiger partial charge in [-0.1, -0.05) is 30.3 Å². The molecule has 0 fully saturated rings. The molecule has 0 unspecified atom stereocenters. The van der Waals surface area contributed by atoms with Crippen molar-refractivity contribution in [2.45, 2.75) is 0 Å². The van der Waals surface area contributed by atoms with Crippen LogP contribution in [0.25, 0.3) is 22.0 Å². The average molecular weight is 358 g/mol. The minimum Gasteiger partial charge on any atom is -0.465 e. The molecule has 3 aromatic rings. The Balaban J connectivity index is 2.16. The molecule has 2 aromatic carbocycles. The van der Waals surface area contributed by atoms with Crippen molar-refractivity contribution in [3.63, 3.8) is 0 Å². The normalized spacial score (nSPS) is 10.6. The number of aromatic amines is 1. The average Bonchev–Trinajstić information content (AvgIpc) is 2.57. The molecule has 1 heterocycles. The van der Waals surface area contributed by atoms with Crippen LogP contribution in [0.3, 0.4) is 0 Å². The smallest absolute Gasteiger partial charge is 0.337 e. The summed E-state index contributed by atoms with van der Waals surface area (Å²) in [5.41, 5.74) is 1.80. The van der Waals surface area contributed by atoms with E-state index in [1.165, 1.54) is 7.11 Å². The van der Waals surface area contributed by atoms with Crippen molar-refractivity contribution in [2.75, 3.05) is 7.11 Å². The molecule has 0 spiro atoms. The molecule has 0 atom stereocenters. The molecule has 0 aliphatic rings. The van der Waals surface area contributed by atoms with E-state index in [4.69, 9.17) is 0 Å². The number of carbonyl (C=O) groups excluding carboxylic acids is 1. The molecule has 0 radical (unpaired) electrons. The summed E-state index contributed by atoms with van der Waals surface area (Å²) in [6.45, 7) is 0. The Kier molecular flexibility index (Phi) is 3.81. The van der Waals surface area contributed by atoms with Crippen molar-refractivity contribution < 1.29 is 9.53 Å². The molecule has 1 N–H and O–H groups in total. The van der Waals surface area contributed by atoms with Crippen molar-refractivity contribution >= 4 is 32.7 Å². The Hall–Kier alpha value is -2.40. The van der Waals surface area contributed by atoms with Gasteiger partial charge in [-0.25, -0.2) is 4.79 Å². The van der Waals surface area contributed by atoms with Gasteiger partial charge in [0, 0.05) is 15.2 Å². The van der Waals surface area contributed by atoms with Gasteiger partial charge in [-0.15, -0.1) is 0 Å². The monoisotopic (exact) mass is 357 g/mol. The van der Waals surface area contributed by atoms with E-state index < -0.39 is 5.97 Å². The van der Waals surface area contributed by atoms with Gasteiger partial charge < -0.3 is 9.72 Å². The number of benzene rings is 2. The number of nitrogens with one attached hydrogen (secondary N) is 1. The van der Waals surface area contributed by atoms with Gasteiger partial charge in [0.1, 0.15) is 0 Å². The van der Waals surface area contributed by atoms with Crippen molar-refractivity contribution in [2.24, 2.45) is 0 Å². The number of fused-ring (bicyclic) bond motifs is 1. The van der Waals surface area contributed by atoms with E-state index in [2.05, 4.69) is 25.7 Å². The van der Waals surface area contributed by atoms with Gasteiger partial charge in [0.25, 0.3) is 5.56 Å². The summed E-state index contributed by atoms with van der Waals surface area (Å²) >= 11 is 3.55. The molecule has 0 aliphatic heterocycles. The lowest BCUT2D eigenvalue weighted by Gasteiger charge is -2.08. The number of H-pyrrole nitrogens is 1. The van der Waals surface area contributed by atoms with Crippen molar-refractivity contribution in [3.8, 4) is 11.3 Å². The molecule has 4 nitrogen and oxygen atoms in total. The number of carbonyl (C=O) groups is 1. The SMILES string of the molecule is COC(=O)c1ccc(-c2[nH]c(=O)c3ccccc3c2Br)cc1. The maximum atomic E-state index is 12.2. The van der Waals surface area contributed by atoms with Crippen LogP contribution in [-0.4, -0.2) is 18.1 Å². The topological polar surface area (TPSA) is 59.2 Å². The van der Waals surface area contributed by atoms with E-state index >= 15 is 0 Å². The molecular weight excluding hydrogens is 346 g/mol. The van der Waals surface area contributed by atoms with Gasteiger partial charge in [-0.3, -0.25) is 4.79 Å². The Morgan fingerprint density at radius 3 is 2.32 bits per heavy atom. The van der Waals surface area contributed by atoms with Gasteiger partial charge in [0.15, 0.2) is 0 Å². The second-order valence-corrected chi connectivity index (χ2v) is 5.55. The molecule has 5 heteroatoms. The fourth-order valence-corrected chi connectivity index (χ4v) is 3.01. The zero-order valence-electron chi connectivity index (χ0n) is 11.7. The van der Waals surface area contributed by atoms with E-state index in [-0.39, 0.29) is 5.56 Å². The van der Waals surface area contributed by atoms with Crippen LogP contribution in [0.15, 0.2) is 57.8 Å². The molecule has 3 rings (SSSR count). The van der Waals surface area contributed by atoms with Crippen LogP contribution >= 0.6 is 15.9 Å². The van der Waals surface area contributed by atoms with Crippen LogP contribution in [0.5, 0.6) is 0 Å². The summed E-state index contributed by atoms with van der Waals surface area (Å²) in [7, 11) is 1.34. The Morgan fingerprint density at radius 2 is 1.68 bits per heavy atom. The number of pyridine rings is 1. The first kappa shape index (κ1) is 14.5. The first-order chi connectivity index (χ1) is 10.6. The number of aromatic nitrogens is 1. The van der Waals surface area contributed by atoms with Gasteiger partial charge in [-0.05, 0) is 39.7 Å². The van der Waals surface area contributed by atoms with Gasteiger partial charge >= 0.3 is 5.97 Å². The zero-order valence-corrected chi connectivity index (χ0v) is 13.3. The number of hydrogen-bond donors (Lipinski definition) is 1. The van der Waals surface area contributed by atoms with Crippen LogP contribution < -0.4 is 5.56 Å². The Bertz CT molecular complexity index is 913. The third-order valence-electron chi connectivity index (χ3n) is 3.46. The molecule has 0 saturated heterocycles. The van der Waals surface area contributed by atoms with Crippen LogP contribution in [0.1, 0.15) is 10.4 Å². The van der Waals surface area contributed by atoms with Crippen LogP contribution in [-0.2, 0) is 4.74 Å². The highest BCUT2D eigenvalue weighted by atomic mass is 79.9. The molecule has 0 saturated carbocycles. The number of ether oxygens (including phenoxy) is 1. The highest BCUT2D eigenvalue weighted by Crippen LogP contribution is 2.31. The predicted molar refractivity (Wildman–Crippen MR) is 89.0 cm³/mol. The number of hydrogen-bond acceptors (Lipinski definition) is 3. The zero-order chi connectivity index (χ0) is 15.7. The first-order valence-corrected chi connectivity index (χ1v) is 7.40. The van der Waals surface area contributed by atoms with Gasteiger partial charge in [0.05, 0.1) is 18.4 Å². The third kappa shape index (κ3) is 2.44. The minimum atomic E-state index is -0.391. The summed E-state index contributed by atoms with van der Waals surface area (Å²) in [5, 5.41) is 1.47. The van der Waals surface area contributed by atoms with Gasteiger partial charge in [0.2, 0.25) is 0 Å². The predicted octanol–water partition coefficient (Wildman–Crippen LogP) is 3.74. The van der Waals surface area contributed by atoms with Crippen molar-refractivity contribution in [1.29, 1.82) is 0 Å². The summed E-state index contributed by atoms with van der Waals surface area (Å²) < 4.78 is 5.49. The number of methoxy groups -OCH3 is 1. The quantitative estimate of drug-likeness (QED) is 0.710. The first-order valence-electron chi connectivity index (χ1n) is 6.61. The van der Waals surface area contributed by atoms with E-state index in [0.717, 1.165) is 15.4 Å². The highest BCUT2D eigenvalue weighted by Gasteiger charge is 2.11. The largest absolute Gasteiger partial charge is 0.465 e. The molecule has 0 amide bonds. The molecular formula is C17H12BrNO3. The lowest BCUT2D eigenvalue weighted by Crippen LogP contribution is -2.08. The summed E-state index contributed by atoms with van der Waals surface area (Å²) in [6.07, 6.45) is 0. The lowest BCUT2D eigenvalue weighted by molar-refractivity contribution is 0.0601. The van der Waals surface area contributed by atoms with E-state index in [0.29, 0.717) is 16.6 Å². The number of esters is 1. The fraction of sp³-hybridized carbons (Fsp3) is 0.0588. The van der Waals surface area contributed by atoms with E-state index in [9.17, 15) is 9.59 Å². The third-order valence-corrected chi connectivity index (χ3v) is 4.28. The molecule has 0 aliphatic carbocycles. The van der Waals surface area contributed by atoms with E-state index in [1.54, 1.807) is 30.3 Å². The number of rotatable bonds is 2. The number of halogens is 1. The summed E-state index contributed by atoms with van der Waals surface area (Å²) in [5.74, 6) is -0.391. The lowest BCUT2D eigenvalue weighted by atomic mass is 10.1. The van der Waals surface area contributed by atoms with E-state index in [1.807, 2.05) is 18.2 Å². The van der Waals surface area contributed by atoms with Crippen LogP contribution in [0, 0.1) is 0 Å². The van der Waals surface area contributed by atoms with Crippen molar-refractivity contribution in [1.82, 2.24) is 4.98 Å². The summed E-state index contributed by atoms with van der Waals surface area (Å²) in [4.78, 5) is 26.5. The van der Waals surface area contributed by atoms with Crippen molar-refractivity contribution in [3.05, 3.63) is 68.9 Å². The minimum absolute atomic E-state index is 0.147. The standard InChI is InChI=1S/C17H12BrNO3/c1-22-17(21)11-8-6-10(7-9-11)15-14(18)12-4-2-3-5-13(12)16(20)19-15/h2-9H,1H3,(H,19,20). The van der Waals surface area contributed by atoms with Crippen LogP contribution in [0.2, 0.25) is 0 Å². The van der Waals surface area contributed by atoms with Crippen LogP contribution in [0.4, 0.5) is 0 Å². The summed E-state index contributed by atoms with van der Waals surface area (Å²) in [6, 6.07) is 14.3. The molecule has 1 aromatic heterocycles. The fourth-order valence-electron chi connectivity index (χ4n) is 2.33. The Morgan fingerprint density at radius 1 is 1.05 bits per heavy atom. The second kappa shape index (κ2) is 5.77. The Labute approximate surface area is 134 Å². The molecule has 22 heavy (non-hydrogen) atoms. The second-order valence-electron chi connectivity index (χ2n) is 4.76. The van der Waals surface area contributed by atoms with Gasteiger partial charge in [-0.2, -0.15) is 0 Å². The highest BCUT2D eigenvalue weighted by molar-refractivity contribution is 9.10. The maximum absolute atomic E-state index is 12.2.